The predicted molar refractivity (Wildman–Crippen MR) is 80.2 cm³/mol. The van der Waals surface area contributed by atoms with Crippen molar-refractivity contribution in [2.24, 2.45) is 0 Å². The fourth-order valence-corrected chi connectivity index (χ4v) is 2.96. The summed E-state index contributed by atoms with van der Waals surface area (Å²) in [6.45, 7) is 0.677. The Bertz CT molecular complexity index is 899. The maximum absolute atomic E-state index is 12.6. The number of hydrogen-bond donors (Lipinski definition) is 0. The van der Waals surface area contributed by atoms with Crippen LogP contribution in [0.2, 0.25) is 5.02 Å². The van der Waals surface area contributed by atoms with Gasteiger partial charge in [0.25, 0.3) is 5.56 Å². The minimum Gasteiger partial charge on any atom is -0.292 e. The van der Waals surface area contributed by atoms with E-state index < -0.39 is 0 Å². The molecule has 0 atom stereocenters. The van der Waals surface area contributed by atoms with Gasteiger partial charge < -0.3 is 0 Å². The number of aryl methyl sites for hydroxylation is 1. The smallest absolute Gasteiger partial charge is 0.261 e. The van der Waals surface area contributed by atoms with Gasteiger partial charge in [-0.1, -0.05) is 35.9 Å². The third-order valence-electron chi connectivity index (χ3n) is 3.78. The van der Waals surface area contributed by atoms with E-state index in [1.165, 1.54) is 5.56 Å². The van der Waals surface area contributed by atoms with Crippen LogP contribution in [0.1, 0.15) is 5.56 Å². The van der Waals surface area contributed by atoms with Gasteiger partial charge in [0.1, 0.15) is 5.82 Å². The highest BCUT2D eigenvalue weighted by molar-refractivity contribution is 6.31. The van der Waals surface area contributed by atoms with Gasteiger partial charge in [0.05, 0.1) is 10.9 Å². The lowest BCUT2D eigenvalue weighted by Gasteiger charge is -2.21. The number of nitrogens with zero attached hydrogens (tertiary/aromatic N) is 2. The van der Waals surface area contributed by atoms with Gasteiger partial charge in [-0.2, -0.15) is 0 Å². The molecule has 0 amide bonds. The quantitative estimate of drug-likeness (QED) is 0.634. The van der Waals surface area contributed by atoms with Gasteiger partial charge in [0.15, 0.2) is 0 Å². The summed E-state index contributed by atoms with van der Waals surface area (Å²) in [4.78, 5) is 17.2. The monoisotopic (exact) mass is 282 g/mol. The van der Waals surface area contributed by atoms with E-state index in [0.29, 0.717) is 22.5 Å². The SMILES string of the molecule is O=c1c2ccc(Cl)cc2nc2n1CCc1ccccc1-2. The van der Waals surface area contributed by atoms with E-state index in [2.05, 4.69) is 11.1 Å². The molecular formula is C16H11ClN2O. The third-order valence-corrected chi connectivity index (χ3v) is 4.02. The highest BCUT2D eigenvalue weighted by Gasteiger charge is 2.19. The number of fused-ring (bicyclic) bond motifs is 4. The zero-order valence-corrected chi connectivity index (χ0v) is 11.4. The first-order valence-corrected chi connectivity index (χ1v) is 6.90. The molecule has 0 N–H and O–H groups in total. The van der Waals surface area contributed by atoms with Crippen LogP contribution >= 0.6 is 11.6 Å². The molecule has 2 heterocycles. The first-order chi connectivity index (χ1) is 9.74. The summed E-state index contributed by atoms with van der Waals surface area (Å²) in [5, 5.41) is 1.22. The standard InChI is InChI=1S/C16H11ClN2O/c17-11-5-6-13-14(9-11)18-15-12-4-2-1-3-10(12)7-8-19(15)16(13)20/h1-6,9H,7-8H2. The second-order valence-electron chi connectivity index (χ2n) is 4.96. The van der Waals surface area contributed by atoms with Gasteiger partial charge in [-0.05, 0) is 30.2 Å². The molecular weight excluding hydrogens is 272 g/mol. The van der Waals surface area contributed by atoms with E-state index in [4.69, 9.17) is 11.6 Å². The topological polar surface area (TPSA) is 34.9 Å². The van der Waals surface area contributed by atoms with Crippen molar-refractivity contribution in [3.05, 3.63) is 63.4 Å². The zero-order chi connectivity index (χ0) is 13.7. The molecule has 98 valence electrons. The van der Waals surface area contributed by atoms with Crippen molar-refractivity contribution in [2.75, 3.05) is 0 Å². The Balaban J connectivity index is 2.13. The van der Waals surface area contributed by atoms with Crippen LogP contribution in [0, 0.1) is 0 Å². The van der Waals surface area contributed by atoms with Crippen LogP contribution in [0.5, 0.6) is 0 Å². The summed E-state index contributed by atoms with van der Waals surface area (Å²) in [5.74, 6) is 0.742. The lowest BCUT2D eigenvalue weighted by molar-refractivity contribution is 0.652. The largest absolute Gasteiger partial charge is 0.292 e. The van der Waals surface area contributed by atoms with E-state index in [1.807, 2.05) is 18.2 Å². The average Bonchev–Trinajstić information content (AvgIpc) is 2.47. The normalized spacial score (nSPS) is 13.1. The second-order valence-corrected chi connectivity index (χ2v) is 5.40. The van der Waals surface area contributed by atoms with Crippen molar-refractivity contribution in [1.29, 1.82) is 0 Å². The zero-order valence-electron chi connectivity index (χ0n) is 10.6. The highest BCUT2D eigenvalue weighted by Crippen LogP contribution is 2.28. The van der Waals surface area contributed by atoms with Crippen LogP contribution in [-0.2, 0) is 13.0 Å². The Morgan fingerprint density at radius 2 is 2.00 bits per heavy atom. The van der Waals surface area contributed by atoms with E-state index in [9.17, 15) is 4.79 Å². The Kier molecular flexibility index (Phi) is 2.44. The molecule has 1 aromatic heterocycles. The maximum Gasteiger partial charge on any atom is 0.261 e. The molecule has 0 saturated heterocycles. The first kappa shape index (κ1) is 11.7. The van der Waals surface area contributed by atoms with Crippen LogP contribution in [0.25, 0.3) is 22.3 Å². The Hall–Kier alpha value is -2.13. The Morgan fingerprint density at radius 3 is 2.90 bits per heavy atom. The molecule has 20 heavy (non-hydrogen) atoms. The lowest BCUT2D eigenvalue weighted by Crippen LogP contribution is -2.27. The van der Waals surface area contributed by atoms with Crippen molar-refractivity contribution in [3.63, 3.8) is 0 Å². The van der Waals surface area contributed by atoms with Crippen LogP contribution in [0.15, 0.2) is 47.3 Å². The fourth-order valence-electron chi connectivity index (χ4n) is 2.80. The van der Waals surface area contributed by atoms with Crippen molar-refractivity contribution in [2.45, 2.75) is 13.0 Å². The molecule has 0 spiro atoms. The number of halogens is 1. The summed E-state index contributed by atoms with van der Waals surface area (Å²) in [7, 11) is 0. The summed E-state index contributed by atoms with van der Waals surface area (Å²) >= 11 is 6.01. The van der Waals surface area contributed by atoms with E-state index in [0.717, 1.165) is 17.8 Å². The molecule has 1 aliphatic heterocycles. The van der Waals surface area contributed by atoms with E-state index in [-0.39, 0.29) is 5.56 Å². The predicted octanol–water partition coefficient (Wildman–Crippen LogP) is 3.27. The molecule has 0 fully saturated rings. The van der Waals surface area contributed by atoms with Crippen LogP contribution in [0.3, 0.4) is 0 Å². The van der Waals surface area contributed by atoms with Crippen LogP contribution in [-0.4, -0.2) is 9.55 Å². The molecule has 0 unspecified atom stereocenters. The summed E-state index contributed by atoms with van der Waals surface area (Å²) < 4.78 is 1.76. The molecule has 4 heteroatoms. The van der Waals surface area contributed by atoms with Crippen LogP contribution in [0.4, 0.5) is 0 Å². The molecule has 3 nitrogen and oxygen atoms in total. The number of benzene rings is 2. The average molecular weight is 283 g/mol. The molecule has 0 saturated carbocycles. The molecule has 0 radical (unpaired) electrons. The van der Waals surface area contributed by atoms with Crippen LogP contribution < -0.4 is 5.56 Å². The van der Waals surface area contributed by atoms with Gasteiger partial charge in [-0.25, -0.2) is 4.98 Å². The minimum absolute atomic E-state index is 0.0103. The second kappa shape index (κ2) is 4.18. The third kappa shape index (κ3) is 1.60. The fraction of sp³-hybridized carbons (Fsp3) is 0.125. The Labute approximate surface area is 120 Å². The highest BCUT2D eigenvalue weighted by atomic mass is 35.5. The summed E-state index contributed by atoms with van der Waals surface area (Å²) in [6.07, 6.45) is 0.865. The summed E-state index contributed by atoms with van der Waals surface area (Å²) in [6, 6.07) is 13.3. The number of rotatable bonds is 0. The number of aromatic nitrogens is 2. The van der Waals surface area contributed by atoms with Gasteiger partial charge in [-0.3, -0.25) is 9.36 Å². The van der Waals surface area contributed by atoms with Crippen molar-refractivity contribution >= 4 is 22.5 Å². The van der Waals surface area contributed by atoms with Gasteiger partial charge in [0, 0.05) is 17.1 Å². The molecule has 0 aliphatic carbocycles. The van der Waals surface area contributed by atoms with Gasteiger partial charge >= 0.3 is 0 Å². The minimum atomic E-state index is 0.0103. The van der Waals surface area contributed by atoms with Gasteiger partial charge in [0.2, 0.25) is 0 Å². The molecule has 1 aliphatic rings. The van der Waals surface area contributed by atoms with E-state index in [1.54, 1.807) is 22.8 Å². The van der Waals surface area contributed by atoms with Crippen molar-refractivity contribution in [1.82, 2.24) is 9.55 Å². The van der Waals surface area contributed by atoms with E-state index >= 15 is 0 Å². The lowest BCUT2D eigenvalue weighted by atomic mass is 10.00. The molecule has 4 rings (SSSR count). The molecule has 3 aromatic rings. The van der Waals surface area contributed by atoms with Crippen molar-refractivity contribution in [3.8, 4) is 11.4 Å². The maximum atomic E-state index is 12.6. The number of hydrogen-bond acceptors (Lipinski definition) is 2. The first-order valence-electron chi connectivity index (χ1n) is 6.52. The summed E-state index contributed by atoms with van der Waals surface area (Å²) in [5.41, 5.74) is 2.94. The van der Waals surface area contributed by atoms with Crippen molar-refractivity contribution < 1.29 is 0 Å². The molecule has 2 aromatic carbocycles. The van der Waals surface area contributed by atoms with Gasteiger partial charge in [-0.15, -0.1) is 0 Å². The Morgan fingerprint density at radius 1 is 1.15 bits per heavy atom. The molecule has 0 bridgehead atoms.